The van der Waals surface area contributed by atoms with Crippen LogP contribution in [-0.4, -0.2) is 38.1 Å². The second-order valence-corrected chi connectivity index (χ2v) is 8.83. The molecule has 0 atom stereocenters. The fourth-order valence-corrected chi connectivity index (χ4v) is 4.27. The molecule has 1 fully saturated rings. The van der Waals surface area contributed by atoms with Gasteiger partial charge in [0.15, 0.2) is 9.84 Å². The standard InChI is InChI=1S/C20H22FNO4S/c1-26-19-9-5-15(6-10-19)12-22(18-7-8-18)20(23)14-27(24,25)13-16-3-2-4-17(21)11-16/h2-6,9-11,18H,7-8,12-14H2,1H3. The van der Waals surface area contributed by atoms with Crippen molar-refractivity contribution >= 4 is 15.7 Å². The number of hydrogen-bond donors (Lipinski definition) is 0. The van der Waals surface area contributed by atoms with Gasteiger partial charge in [-0.3, -0.25) is 4.79 Å². The Morgan fingerprint density at radius 3 is 2.44 bits per heavy atom. The van der Waals surface area contributed by atoms with Crippen LogP contribution in [-0.2, 0) is 26.9 Å². The first-order valence-electron chi connectivity index (χ1n) is 8.73. The summed E-state index contributed by atoms with van der Waals surface area (Å²) in [7, 11) is -2.10. The lowest BCUT2D eigenvalue weighted by molar-refractivity contribution is -0.129. The lowest BCUT2D eigenvalue weighted by Crippen LogP contribution is -2.37. The fraction of sp³-hybridized carbons (Fsp3) is 0.350. The number of sulfone groups is 1. The molecule has 0 aliphatic heterocycles. The molecule has 1 aliphatic rings. The van der Waals surface area contributed by atoms with E-state index in [4.69, 9.17) is 4.74 Å². The number of ether oxygens (including phenoxy) is 1. The summed E-state index contributed by atoms with van der Waals surface area (Å²) < 4.78 is 43.2. The minimum Gasteiger partial charge on any atom is -0.497 e. The van der Waals surface area contributed by atoms with E-state index < -0.39 is 27.3 Å². The van der Waals surface area contributed by atoms with E-state index in [-0.39, 0.29) is 11.8 Å². The van der Waals surface area contributed by atoms with Gasteiger partial charge in [0.1, 0.15) is 17.3 Å². The van der Waals surface area contributed by atoms with E-state index >= 15 is 0 Å². The number of methoxy groups -OCH3 is 1. The van der Waals surface area contributed by atoms with Crippen LogP contribution in [0.1, 0.15) is 24.0 Å². The van der Waals surface area contributed by atoms with Gasteiger partial charge < -0.3 is 9.64 Å². The number of hydrogen-bond acceptors (Lipinski definition) is 4. The molecule has 0 unspecified atom stereocenters. The van der Waals surface area contributed by atoms with E-state index in [2.05, 4.69) is 0 Å². The third kappa shape index (κ3) is 5.53. The van der Waals surface area contributed by atoms with E-state index in [1.165, 1.54) is 18.2 Å². The van der Waals surface area contributed by atoms with E-state index in [1.54, 1.807) is 18.1 Å². The number of carbonyl (C=O) groups excluding carboxylic acids is 1. The lowest BCUT2D eigenvalue weighted by Gasteiger charge is -2.22. The van der Waals surface area contributed by atoms with Crippen molar-refractivity contribution in [2.45, 2.75) is 31.2 Å². The van der Waals surface area contributed by atoms with Crippen LogP contribution in [0.3, 0.4) is 0 Å². The third-order valence-electron chi connectivity index (χ3n) is 4.44. The number of rotatable bonds is 8. The number of carbonyl (C=O) groups is 1. The van der Waals surface area contributed by atoms with E-state index in [0.29, 0.717) is 12.1 Å². The number of halogens is 1. The Kier molecular flexibility index (Phi) is 5.79. The van der Waals surface area contributed by atoms with Crippen molar-refractivity contribution in [1.29, 1.82) is 0 Å². The van der Waals surface area contributed by atoms with Crippen molar-refractivity contribution in [3.05, 3.63) is 65.5 Å². The van der Waals surface area contributed by atoms with Gasteiger partial charge >= 0.3 is 0 Å². The summed E-state index contributed by atoms with van der Waals surface area (Å²) in [6.07, 6.45) is 1.76. The van der Waals surface area contributed by atoms with Crippen LogP contribution in [0.25, 0.3) is 0 Å². The molecule has 0 heterocycles. The molecule has 0 saturated heterocycles. The molecule has 1 aliphatic carbocycles. The molecule has 144 valence electrons. The third-order valence-corrected chi connectivity index (χ3v) is 5.90. The van der Waals surface area contributed by atoms with Crippen molar-refractivity contribution in [3.63, 3.8) is 0 Å². The first-order valence-corrected chi connectivity index (χ1v) is 10.6. The summed E-state index contributed by atoms with van der Waals surface area (Å²) in [5, 5.41) is 0. The minimum atomic E-state index is -3.68. The Hall–Kier alpha value is -2.41. The van der Waals surface area contributed by atoms with Crippen LogP contribution < -0.4 is 4.74 Å². The average Bonchev–Trinajstić information content (AvgIpc) is 3.44. The van der Waals surface area contributed by atoms with Gasteiger partial charge in [0.2, 0.25) is 5.91 Å². The van der Waals surface area contributed by atoms with Gasteiger partial charge in [-0.25, -0.2) is 12.8 Å². The Morgan fingerprint density at radius 1 is 1.15 bits per heavy atom. The number of benzene rings is 2. The van der Waals surface area contributed by atoms with Gasteiger partial charge in [0.25, 0.3) is 0 Å². The zero-order chi connectivity index (χ0) is 19.4. The maximum Gasteiger partial charge on any atom is 0.238 e. The molecular weight excluding hydrogens is 369 g/mol. The van der Waals surface area contributed by atoms with Crippen molar-refractivity contribution < 1.29 is 22.3 Å². The van der Waals surface area contributed by atoms with Crippen LogP contribution in [0.5, 0.6) is 5.75 Å². The molecule has 2 aromatic rings. The van der Waals surface area contributed by atoms with Crippen molar-refractivity contribution in [3.8, 4) is 5.75 Å². The van der Waals surface area contributed by atoms with Gasteiger partial charge in [-0.05, 0) is 48.2 Å². The summed E-state index contributed by atoms with van der Waals surface area (Å²) in [5.41, 5.74) is 1.26. The largest absolute Gasteiger partial charge is 0.497 e. The normalized spacial score (nSPS) is 14.0. The maximum absolute atomic E-state index is 13.3. The van der Waals surface area contributed by atoms with Crippen molar-refractivity contribution in [1.82, 2.24) is 4.90 Å². The molecule has 5 nitrogen and oxygen atoms in total. The number of amides is 1. The predicted octanol–water partition coefficient (Wildman–Crippen LogP) is 2.94. The second kappa shape index (κ2) is 8.08. The summed E-state index contributed by atoms with van der Waals surface area (Å²) in [4.78, 5) is 14.3. The van der Waals surface area contributed by atoms with Crippen molar-refractivity contribution in [2.24, 2.45) is 0 Å². The van der Waals surface area contributed by atoms with Crippen LogP contribution in [0.4, 0.5) is 4.39 Å². The lowest BCUT2D eigenvalue weighted by atomic mass is 10.2. The van der Waals surface area contributed by atoms with Gasteiger partial charge in [0, 0.05) is 12.6 Å². The zero-order valence-electron chi connectivity index (χ0n) is 15.1. The number of nitrogens with zero attached hydrogens (tertiary/aromatic N) is 1. The molecule has 0 bridgehead atoms. The molecule has 7 heteroatoms. The zero-order valence-corrected chi connectivity index (χ0v) is 15.9. The van der Waals surface area contributed by atoms with Gasteiger partial charge in [-0.2, -0.15) is 0 Å². The Bertz CT molecular complexity index is 908. The van der Waals surface area contributed by atoms with Crippen LogP contribution in [0.15, 0.2) is 48.5 Å². The Balaban J connectivity index is 1.67. The van der Waals surface area contributed by atoms with Crippen molar-refractivity contribution in [2.75, 3.05) is 12.9 Å². The Morgan fingerprint density at radius 2 is 1.85 bits per heavy atom. The maximum atomic E-state index is 13.3. The topological polar surface area (TPSA) is 63.7 Å². The molecule has 0 N–H and O–H groups in total. The van der Waals surface area contributed by atoms with E-state index in [9.17, 15) is 17.6 Å². The summed E-state index contributed by atoms with van der Waals surface area (Å²) in [6.45, 7) is 0.364. The van der Waals surface area contributed by atoms with Crippen LogP contribution >= 0.6 is 0 Å². The summed E-state index contributed by atoms with van der Waals surface area (Å²) in [5.74, 6) is -1.10. The molecule has 0 spiro atoms. The highest BCUT2D eigenvalue weighted by Gasteiger charge is 2.34. The molecule has 0 aromatic heterocycles. The highest BCUT2D eigenvalue weighted by atomic mass is 32.2. The Labute approximate surface area is 158 Å². The molecule has 1 saturated carbocycles. The smallest absolute Gasteiger partial charge is 0.238 e. The first-order chi connectivity index (χ1) is 12.9. The van der Waals surface area contributed by atoms with Gasteiger partial charge in [-0.15, -0.1) is 0 Å². The summed E-state index contributed by atoms with van der Waals surface area (Å²) >= 11 is 0. The molecule has 2 aromatic carbocycles. The molecule has 0 radical (unpaired) electrons. The fourth-order valence-electron chi connectivity index (χ4n) is 2.94. The van der Waals surface area contributed by atoms with Crippen LogP contribution in [0.2, 0.25) is 0 Å². The highest BCUT2D eigenvalue weighted by Crippen LogP contribution is 2.29. The monoisotopic (exact) mass is 391 g/mol. The quantitative estimate of drug-likeness (QED) is 0.694. The SMILES string of the molecule is COc1ccc(CN(C(=O)CS(=O)(=O)Cc2cccc(F)c2)C2CC2)cc1. The second-order valence-electron chi connectivity index (χ2n) is 6.76. The summed E-state index contributed by atoms with van der Waals surface area (Å²) in [6, 6.07) is 12.9. The molecule has 27 heavy (non-hydrogen) atoms. The van der Waals surface area contributed by atoms with Gasteiger partial charge in [0.05, 0.1) is 12.9 Å². The molecular formula is C20H22FNO4S. The van der Waals surface area contributed by atoms with Gasteiger partial charge in [-0.1, -0.05) is 24.3 Å². The molecule has 1 amide bonds. The highest BCUT2D eigenvalue weighted by molar-refractivity contribution is 7.91. The van der Waals surface area contributed by atoms with E-state index in [0.717, 1.165) is 24.2 Å². The molecule has 3 rings (SSSR count). The van der Waals surface area contributed by atoms with Crippen LogP contribution in [0, 0.1) is 5.82 Å². The predicted molar refractivity (Wildman–Crippen MR) is 100 cm³/mol. The van der Waals surface area contributed by atoms with E-state index in [1.807, 2.05) is 24.3 Å². The average molecular weight is 391 g/mol. The minimum absolute atomic E-state index is 0.0870. The first kappa shape index (κ1) is 19.4.